The van der Waals surface area contributed by atoms with E-state index in [0.29, 0.717) is 0 Å². The first-order valence-electron chi connectivity index (χ1n) is 6.22. The minimum atomic E-state index is -0.160. The Morgan fingerprint density at radius 2 is 2.06 bits per heavy atom. The molecule has 0 radical (unpaired) electrons. The minimum absolute atomic E-state index is 0.0802. The van der Waals surface area contributed by atoms with Gasteiger partial charge < -0.3 is 19.6 Å². The van der Waals surface area contributed by atoms with Gasteiger partial charge >= 0.3 is 0 Å². The third-order valence-electron chi connectivity index (χ3n) is 3.03. The zero-order valence-corrected chi connectivity index (χ0v) is 10.5. The first-order chi connectivity index (χ1) is 8.16. The lowest BCUT2D eigenvalue weighted by molar-refractivity contribution is -0.0823. The maximum absolute atomic E-state index is 6.05. The molecule has 4 heteroatoms. The highest BCUT2D eigenvalue weighted by atomic mass is 16.5. The molecule has 1 saturated heterocycles. The molecular weight excluding hydrogens is 218 g/mol. The van der Waals surface area contributed by atoms with E-state index in [0.717, 1.165) is 37.6 Å². The van der Waals surface area contributed by atoms with Gasteiger partial charge in [-0.15, -0.1) is 0 Å². The fourth-order valence-electron chi connectivity index (χ4n) is 2.08. The molecule has 2 atom stereocenters. The van der Waals surface area contributed by atoms with Crippen molar-refractivity contribution < 1.29 is 13.9 Å². The summed E-state index contributed by atoms with van der Waals surface area (Å²) in [6.07, 6.45) is 1.93. The highest BCUT2D eigenvalue weighted by Crippen LogP contribution is 2.26. The molecule has 2 N–H and O–H groups in total. The van der Waals surface area contributed by atoms with E-state index in [4.69, 9.17) is 19.6 Å². The highest BCUT2D eigenvalue weighted by molar-refractivity contribution is 5.10. The molecule has 1 fully saturated rings. The second-order valence-electron chi connectivity index (χ2n) is 4.68. The lowest BCUT2D eigenvalue weighted by atomic mass is 10.1. The Kier molecular flexibility index (Phi) is 4.20. The van der Waals surface area contributed by atoms with Gasteiger partial charge in [-0.3, -0.25) is 0 Å². The van der Waals surface area contributed by atoms with Crippen molar-refractivity contribution in [2.24, 2.45) is 5.73 Å². The van der Waals surface area contributed by atoms with Crippen molar-refractivity contribution in [3.63, 3.8) is 0 Å². The van der Waals surface area contributed by atoms with Crippen molar-refractivity contribution in [2.75, 3.05) is 13.2 Å². The Morgan fingerprint density at radius 3 is 2.59 bits per heavy atom. The molecule has 1 aliphatic heterocycles. The van der Waals surface area contributed by atoms with Gasteiger partial charge in [0.2, 0.25) is 0 Å². The highest BCUT2D eigenvalue weighted by Gasteiger charge is 2.25. The normalized spacial score (nSPS) is 21.4. The molecule has 2 rings (SSSR count). The SMILES string of the molecule is Cc1ccc(C(OC2CCOCC2)C(C)N)o1. The summed E-state index contributed by atoms with van der Waals surface area (Å²) in [7, 11) is 0. The van der Waals surface area contributed by atoms with Crippen LogP contribution in [0.1, 0.15) is 37.4 Å². The first kappa shape index (κ1) is 12.6. The molecule has 1 aromatic heterocycles. The molecule has 1 aliphatic rings. The van der Waals surface area contributed by atoms with Crippen LogP contribution in [0.3, 0.4) is 0 Å². The summed E-state index contributed by atoms with van der Waals surface area (Å²) in [6, 6.07) is 3.81. The molecule has 1 aromatic rings. The van der Waals surface area contributed by atoms with Crippen LogP contribution in [0.15, 0.2) is 16.5 Å². The molecule has 0 spiro atoms. The van der Waals surface area contributed by atoms with E-state index in [2.05, 4.69) is 0 Å². The summed E-state index contributed by atoms with van der Waals surface area (Å²) in [5, 5.41) is 0. The summed E-state index contributed by atoms with van der Waals surface area (Å²) >= 11 is 0. The number of hydrogen-bond acceptors (Lipinski definition) is 4. The average molecular weight is 239 g/mol. The fourth-order valence-corrected chi connectivity index (χ4v) is 2.08. The summed E-state index contributed by atoms with van der Waals surface area (Å²) in [4.78, 5) is 0. The van der Waals surface area contributed by atoms with Gasteiger partial charge in [-0.1, -0.05) is 0 Å². The molecule has 0 saturated carbocycles. The zero-order valence-electron chi connectivity index (χ0n) is 10.5. The van der Waals surface area contributed by atoms with Gasteiger partial charge in [-0.25, -0.2) is 0 Å². The third kappa shape index (κ3) is 3.31. The van der Waals surface area contributed by atoms with E-state index < -0.39 is 0 Å². The molecule has 2 heterocycles. The van der Waals surface area contributed by atoms with Gasteiger partial charge in [0, 0.05) is 19.3 Å². The molecule has 0 aliphatic carbocycles. The summed E-state index contributed by atoms with van der Waals surface area (Å²) in [5.74, 6) is 1.71. The predicted molar refractivity (Wildman–Crippen MR) is 64.8 cm³/mol. The van der Waals surface area contributed by atoms with E-state index in [9.17, 15) is 0 Å². The standard InChI is InChI=1S/C13H21NO3/c1-9-3-4-12(16-9)13(10(2)14)17-11-5-7-15-8-6-11/h3-4,10-11,13H,5-8,14H2,1-2H3. The Bertz CT molecular complexity index is 342. The zero-order chi connectivity index (χ0) is 12.3. The van der Waals surface area contributed by atoms with Crippen molar-refractivity contribution in [1.29, 1.82) is 0 Å². The number of hydrogen-bond donors (Lipinski definition) is 1. The van der Waals surface area contributed by atoms with Gasteiger partial charge in [-0.05, 0) is 38.8 Å². The quantitative estimate of drug-likeness (QED) is 0.874. The van der Waals surface area contributed by atoms with E-state index >= 15 is 0 Å². The fraction of sp³-hybridized carbons (Fsp3) is 0.692. The molecule has 2 unspecified atom stereocenters. The van der Waals surface area contributed by atoms with Crippen LogP contribution >= 0.6 is 0 Å². The van der Waals surface area contributed by atoms with Gasteiger partial charge in [0.15, 0.2) is 0 Å². The third-order valence-corrected chi connectivity index (χ3v) is 3.03. The maximum atomic E-state index is 6.05. The molecule has 0 bridgehead atoms. The minimum Gasteiger partial charge on any atom is -0.464 e. The van der Waals surface area contributed by atoms with E-state index in [1.807, 2.05) is 26.0 Å². The largest absolute Gasteiger partial charge is 0.464 e. The van der Waals surface area contributed by atoms with Gasteiger partial charge in [0.25, 0.3) is 0 Å². The maximum Gasteiger partial charge on any atom is 0.134 e. The Balaban J connectivity index is 2.01. The van der Waals surface area contributed by atoms with Crippen LogP contribution < -0.4 is 5.73 Å². The molecular formula is C13H21NO3. The number of furan rings is 1. The average Bonchev–Trinajstić information content (AvgIpc) is 2.73. The first-order valence-corrected chi connectivity index (χ1v) is 6.22. The van der Waals surface area contributed by atoms with Crippen LogP contribution in [0.5, 0.6) is 0 Å². The lowest BCUT2D eigenvalue weighted by Gasteiger charge is -2.28. The van der Waals surface area contributed by atoms with Crippen LogP contribution in [0.25, 0.3) is 0 Å². The smallest absolute Gasteiger partial charge is 0.134 e. The van der Waals surface area contributed by atoms with Gasteiger partial charge in [0.1, 0.15) is 17.6 Å². The van der Waals surface area contributed by atoms with Gasteiger partial charge in [-0.2, -0.15) is 0 Å². The monoisotopic (exact) mass is 239 g/mol. The molecule has 0 aromatic carbocycles. The van der Waals surface area contributed by atoms with Crippen LogP contribution in [-0.2, 0) is 9.47 Å². The molecule has 4 nitrogen and oxygen atoms in total. The summed E-state index contributed by atoms with van der Waals surface area (Å²) in [5.41, 5.74) is 5.98. The van der Waals surface area contributed by atoms with E-state index in [1.165, 1.54) is 0 Å². The van der Waals surface area contributed by atoms with Crippen LogP contribution in [0.2, 0.25) is 0 Å². The van der Waals surface area contributed by atoms with Crippen molar-refractivity contribution in [1.82, 2.24) is 0 Å². The second-order valence-corrected chi connectivity index (χ2v) is 4.68. The summed E-state index contributed by atoms with van der Waals surface area (Å²) < 4.78 is 17.0. The Morgan fingerprint density at radius 1 is 1.35 bits per heavy atom. The van der Waals surface area contributed by atoms with Crippen LogP contribution in [0, 0.1) is 6.92 Å². The van der Waals surface area contributed by atoms with Crippen LogP contribution in [-0.4, -0.2) is 25.4 Å². The number of aryl methyl sites for hydroxylation is 1. The number of ether oxygens (including phenoxy) is 2. The Labute approximate surface area is 102 Å². The molecule has 0 amide bonds. The Hall–Kier alpha value is -0.840. The van der Waals surface area contributed by atoms with Crippen molar-refractivity contribution in [3.05, 3.63) is 23.7 Å². The lowest BCUT2D eigenvalue weighted by Crippen LogP contribution is -2.32. The number of nitrogens with two attached hydrogens (primary N) is 1. The van der Waals surface area contributed by atoms with E-state index in [1.54, 1.807) is 0 Å². The van der Waals surface area contributed by atoms with Gasteiger partial charge in [0.05, 0.1) is 6.10 Å². The summed E-state index contributed by atoms with van der Waals surface area (Å²) in [6.45, 7) is 5.42. The van der Waals surface area contributed by atoms with Crippen molar-refractivity contribution >= 4 is 0 Å². The number of rotatable bonds is 4. The van der Waals surface area contributed by atoms with Crippen molar-refractivity contribution in [2.45, 2.75) is 44.9 Å². The topological polar surface area (TPSA) is 57.6 Å². The molecule has 17 heavy (non-hydrogen) atoms. The molecule has 96 valence electrons. The second kappa shape index (κ2) is 5.67. The van der Waals surface area contributed by atoms with E-state index in [-0.39, 0.29) is 18.2 Å². The van der Waals surface area contributed by atoms with Crippen molar-refractivity contribution in [3.8, 4) is 0 Å². The predicted octanol–water partition coefficient (Wildman–Crippen LogP) is 2.17. The van der Waals surface area contributed by atoms with Crippen LogP contribution in [0.4, 0.5) is 0 Å².